The number of nitrogens with two attached hydrogens (primary N) is 1. The average Bonchev–Trinajstić information content (AvgIpc) is 2.64. The van der Waals surface area contributed by atoms with E-state index in [9.17, 15) is 4.39 Å². The number of aromatic nitrogens is 2. The molecular formula is C13H14Br2FN3O. The van der Waals surface area contributed by atoms with Gasteiger partial charge in [0.2, 0.25) is 0 Å². The van der Waals surface area contributed by atoms with Gasteiger partial charge in [0.25, 0.3) is 0 Å². The fourth-order valence-electron chi connectivity index (χ4n) is 1.85. The number of hydrogen-bond acceptors (Lipinski definition) is 3. The van der Waals surface area contributed by atoms with Gasteiger partial charge in [0.15, 0.2) is 5.75 Å². The highest BCUT2D eigenvalue weighted by Gasteiger charge is 2.15. The molecule has 0 aliphatic heterocycles. The van der Waals surface area contributed by atoms with Gasteiger partial charge in [0.1, 0.15) is 12.4 Å². The number of benzene rings is 1. The van der Waals surface area contributed by atoms with E-state index in [1.807, 2.05) is 14.0 Å². The monoisotopic (exact) mass is 405 g/mol. The zero-order valence-corrected chi connectivity index (χ0v) is 14.3. The van der Waals surface area contributed by atoms with Crippen molar-refractivity contribution in [1.29, 1.82) is 0 Å². The molecule has 0 aliphatic carbocycles. The first-order valence-corrected chi connectivity index (χ1v) is 7.60. The minimum absolute atomic E-state index is 0.255. The smallest absolute Gasteiger partial charge is 0.157 e. The van der Waals surface area contributed by atoms with Crippen LogP contribution >= 0.6 is 31.9 Å². The summed E-state index contributed by atoms with van der Waals surface area (Å²) in [6.45, 7) is 2.32. The van der Waals surface area contributed by atoms with E-state index in [-0.39, 0.29) is 5.69 Å². The number of nitrogens with zero attached hydrogens (tertiary/aromatic N) is 2. The summed E-state index contributed by atoms with van der Waals surface area (Å²) in [6, 6.07) is 2.55. The molecule has 2 aromatic rings. The quantitative estimate of drug-likeness (QED) is 0.785. The molecule has 0 amide bonds. The van der Waals surface area contributed by atoms with Crippen LogP contribution in [0.3, 0.4) is 0 Å². The summed E-state index contributed by atoms with van der Waals surface area (Å²) in [4.78, 5) is 0. The summed E-state index contributed by atoms with van der Waals surface area (Å²) in [5.41, 5.74) is 7.89. The van der Waals surface area contributed by atoms with E-state index in [1.165, 1.54) is 12.1 Å². The van der Waals surface area contributed by atoms with Crippen molar-refractivity contribution >= 4 is 37.5 Å². The van der Waals surface area contributed by atoms with Gasteiger partial charge in [-0.3, -0.25) is 4.68 Å². The van der Waals surface area contributed by atoms with Crippen molar-refractivity contribution in [3.8, 4) is 5.75 Å². The van der Waals surface area contributed by atoms with Crippen molar-refractivity contribution in [2.75, 3.05) is 5.73 Å². The van der Waals surface area contributed by atoms with E-state index in [0.29, 0.717) is 16.8 Å². The van der Waals surface area contributed by atoms with Crippen LogP contribution in [0.2, 0.25) is 0 Å². The summed E-state index contributed by atoms with van der Waals surface area (Å²) in [5, 5.41) is 4.39. The third-order valence-corrected chi connectivity index (χ3v) is 4.40. The predicted molar refractivity (Wildman–Crippen MR) is 83.1 cm³/mol. The van der Waals surface area contributed by atoms with E-state index in [2.05, 4.69) is 37.0 Å². The number of aryl methyl sites for hydroxylation is 2. The third-order valence-electron chi connectivity index (χ3n) is 2.89. The van der Waals surface area contributed by atoms with Crippen molar-refractivity contribution in [3.05, 3.63) is 38.3 Å². The molecule has 1 aromatic carbocycles. The minimum Gasteiger partial charge on any atom is -0.484 e. The van der Waals surface area contributed by atoms with Gasteiger partial charge in [-0.2, -0.15) is 5.10 Å². The van der Waals surface area contributed by atoms with Crippen LogP contribution in [-0.2, 0) is 20.1 Å². The molecule has 4 nitrogen and oxygen atoms in total. The molecule has 1 heterocycles. The number of anilines is 1. The zero-order valence-electron chi connectivity index (χ0n) is 11.1. The van der Waals surface area contributed by atoms with Gasteiger partial charge >= 0.3 is 0 Å². The van der Waals surface area contributed by atoms with Gasteiger partial charge in [0.05, 0.1) is 26.0 Å². The maximum absolute atomic E-state index is 13.2. The fraction of sp³-hybridized carbons (Fsp3) is 0.308. The van der Waals surface area contributed by atoms with Crippen LogP contribution in [0.25, 0.3) is 0 Å². The summed E-state index contributed by atoms with van der Waals surface area (Å²) in [6.07, 6.45) is 0.830. The van der Waals surface area contributed by atoms with Gasteiger partial charge in [-0.05, 0) is 44.3 Å². The number of nitrogen functional groups attached to an aromatic ring is 1. The molecule has 0 saturated carbocycles. The Labute approximate surface area is 133 Å². The predicted octanol–water partition coefficient (Wildman–Crippen LogP) is 3.81. The SMILES string of the molecule is CCc1nn(C)c(COc2c(N)cc(F)cc2Br)c1Br. The lowest BCUT2D eigenvalue weighted by molar-refractivity contribution is 0.293. The molecule has 108 valence electrons. The molecule has 7 heteroatoms. The molecule has 0 aliphatic rings. The number of hydrogen-bond donors (Lipinski definition) is 1. The van der Waals surface area contributed by atoms with Crippen LogP contribution in [0, 0.1) is 5.82 Å². The van der Waals surface area contributed by atoms with Gasteiger partial charge in [-0.15, -0.1) is 0 Å². The molecule has 0 saturated heterocycles. The highest BCUT2D eigenvalue weighted by Crippen LogP contribution is 2.33. The summed E-state index contributed by atoms with van der Waals surface area (Å²) in [5.74, 6) is 0.0225. The summed E-state index contributed by atoms with van der Waals surface area (Å²) < 4.78 is 22.0. The first kappa shape index (κ1) is 15.3. The van der Waals surface area contributed by atoms with Crippen LogP contribution < -0.4 is 10.5 Å². The second-order valence-corrected chi connectivity index (χ2v) is 5.93. The van der Waals surface area contributed by atoms with Crippen molar-refractivity contribution in [1.82, 2.24) is 9.78 Å². The Balaban J connectivity index is 2.24. The van der Waals surface area contributed by atoms with Crippen molar-refractivity contribution in [3.63, 3.8) is 0 Å². The fourth-order valence-corrected chi connectivity index (χ4v) is 3.14. The molecule has 0 atom stereocenters. The topological polar surface area (TPSA) is 53.1 Å². The maximum atomic E-state index is 13.2. The average molecular weight is 407 g/mol. The Bertz CT molecular complexity index is 620. The lowest BCUT2D eigenvalue weighted by Gasteiger charge is -2.11. The van der Waals surface area contributed by atoms with Gasteiger partial charge < -0.3 is 10.5 Å². The molecule has 0 unspecified atom stereocenters. The van der Waals surface area contributed by atoms with Crippen LogP contribution in [0.4, 0.5) is 10.1 Å². The van der Waals surface area contributed by atoms with E-state index >= 15 is 0 Å². The lowest BCUT2D eigenvalue weighted by Crippen LogP contribution is -2.05. The number of rotatable bonds is 4. The summed E-state index contributed by atoms with van der Waals surface area (Å²) in [7, 11) is 1.85. The number of ether oxygens (including phenoxy) is 1. The molecule has 0 bridgehead atoms. The van der Waals surface area contributed by atoms with E-state index < -0.39 is 5.82 Å². The molecular weight excluding hydrogens is 393 g/mol. The molecule has 0 radical (unpaired) electrons. The van der Waals surface area contributed by atoms with Crippen LogP contribution in [-0.4, -0.2) is 9.78 Å². The largest absolute Gasteiger partial charge is 0.484 e. The maximum Gasteiger partial charge on any atom is 0.157 e. The first-order valence-electron chi connectivity index (χ1n) is 6.01. The highest BCUT2D eigenvalue weighted by molar-refractivity contribution is 9.10. The normalized spacial score (nSPS) is 10.8. The van der Waals surface area contributed by atoms with E-state index in [4.69, 9.17) is 10.5 Å². The van der Waals surface area contributed by atoms with Crippen molar-refractivity contribution in [2.45, 2.75) is 20.0 Å². The van der Waals surface area contributed by atoms with Crippen LogP contribution in [0.1, 0.15) is 18.3 Å². The minimum atomic E-state index is -0.406. The Morgan fingerprint density at radius 2 is 2.10 bits per heavy atom. The third kappa shape index (κ3) is 2.98. The highest BCUT2D eigenvalue weighted by atomic mass is 79.9. The Morgan fingerprint density at radius 3 is 2.65 bits per heavy atom. The second-order valence-electron chi connectivity index (χ2n) is 4.28. The van der Waals surface area contributed by atoms with E-state index in [1.54, 1.807) is 4.68 Å². The van der Waals surface area contributed by atoms with Gasteiger partial charge in [-0.1, -0.05) is 6.92 Å². The number of halogens is 3. The molecule has 20 heavy (non-hydrogen) atoms. The van der Waals surface area contributed by atoms with Crippen molar-refractivity contribution in [2.24, 2.45) is 7.05 Å². The Morgan fingerprint density at radius 1 is 1.40 bits per heavy atom. The Kier molecular flexibility index (Phi) is 4.70. The molecule has 0 fully saturated rings. The standard InChI is InChI=1S/C13H14Br2FN3O/c1-3-10-12(15)11(19(2)18-10)6-20-13-8(14)4-7(16)5-9(13)17/h4-5H,3,6,17H2,1-2H3. The van der Waals surface area contributed by atoms with E-state index in [0.717, 1.165) is 22.3 Å². The van der Waals surface area contributed by atoms with Gasteiger partial charge in [0, 0.05) is 13.1 Å². The summed E-state index contributed by atoms with van der Waals surface area (Å²) >= 11 is 6.77. The van der Waals surface area contributed by atoms with Gasteiger partial charge in [-0.25, -0.2) is 4.39 Å². The zero-order chi connectivity index (χ0) is 14.9. The second kappa shape index (κ2) is 6.13. The van der Waals surface area contributed by atoms with Crippen LogP contribution in [0.5, 0.6) is 5.75 Å². The lowest BCUT2D eigenvalue weighted by atomic mass is 10.3. The van der Waals surface area contributed by atoms with Crippen molar-refractivity contribution < 1.29 is 9.13 Å². The molecule has 2 N–H and O–H groups in total. The molecule has 1 aromatic heterocycles. The molecule has 0 spiro atoms. The first-order chi connectivity index (χ1) is 9.43. The van der Waals surface area contributed by atoms with Crippen LogP contribution in [0.15, 0.2) is 21.1 Å². The Hall–Kier alpha value is -1.08. The molecule has 2 rings (SSSR count).